The zero-order valence-corrected chi connectivity index (χ0v) is 51.9. The first-order valence-corrected chi connectivity index (χ1v) is 29.2. The number of amides is 5. The number of methoxy groups -OCH3 is 2. The lowest BCUT2D eigenvalue weighted by Crippen LogP contribution is -2.64. The van der Waals surface area contributed by atoms with E-state index in [2.05, 4.69) is 59.1 Å². The molecule has 94 heavy (non-hydrogen) atoms. The molecule has 0 spiro atoms. The molecular weight excluding hydrogens is 1250 g/mol. The highest BCUT2D eigenvalue weighted by Gasteiger charge is 2.51. The second kappa shape index (κ2) is 37.7. The fourth-order valence-corrected chi connectivity index (χ4v) is 9.64. The number of terminal acetylenes is 1. The summed E-state index contributed by atoms with van der Waals surface area (Å²) < 4.78 is 77.5. The summed E-state index contributed by atoms with van der Waals surface area (Å²) in [5.74, 6) is -3.99. The second-order valence-corrected chi connectivity index (χ2v) is 20.7. The SMILES string of the molecule is C#CCOCCOCCOCCOCCC(=O)N(CC1=CN(CCNC(=O)CO[C@@H]([C@@H]2OC(C(=O)OC)=C[C@H](NC(=N)N)[C@H]2NC(C)=O)[C@H]2COC(=O)O2)NN1)Cc1cn(CCNC(=O)CO[C@@H]([C@@H]2OC(C(=O)OC)=C[C@H](NC(=N)N)[C@H]2NC(C)=O)[C@H]2COC(=O)O2)nn1. The van der Waals surface area contributed by atoms with Gasteiger partial charge in [0.1, 0.15) is 50.9 Å². The minimum absolute atomic E-state index is 0.0103. The number of cyclic esters (lactones) is 4. The van der Waals surface area contributed by atoms with Crippen LogP contribution in [-0.2, 0) is 113 Å². The minimum Gasteiger partial charge on any atom is -0.478 e. The summed E-state index contributed by atoms with van der Waals surface area (Å²) in [6.07, 6.45) is 0.888. The van der Waals surface area contributed by atoms with Crippen molar-refractivity contribution in [3.63, 3.8) is 0 Å². The Kier molecular flexibility index (Phi) is 29.3. The molecular formula is C54H79N17O23. The van der Waals surface area contributed by atoms with Crippen molar-refractivity contribution in [3.05, 3.63) is 47.5 Å². The number of carbonyl (C=O) groups excluding carboxylic acids is 9. The van der Waals surface area contributed by atoms with Crippen LogP contribution >= 0.6 is 0 Å². The maximum atomic E-state index is 13.9. The lowest BCUT2D eigenvalue weighted by Gasteiger charge is -2.41. The Bertz CT molecular complexity index is 2960. The molecule has 5 aliphatic heterocycles. The van der Waals surface area contributed by atoms with Gasteiger partial charge in [0.15, 0.2) is 36.3 Å². The lowest BCUT2D eigenvalue weighted by molar-refractivity contribution is -0.155. The Balaban J connectivity index is 1.05. The van der Waals surface area contributed by atoms with Crippen LogP contribution in [0.25, 0.3) is 0 Å². The smallest absolute Gasteiger partial charge is 0.478 e. The van der Waals surface area contributed by atoms with Crippen LogP contribution in [0.15, 0.2) is 41.8 Å². The van der Waals surface area contributed by atoms with Gasteiger partial charge in [-0.25, -0.2) is 19.2 Å². The molecule has 6 rings (SSSR count). The molecule has 5 aliphatic rings. The number of esters is 2. The van der Waals surface area contributed by atoms with Gasteiger partial charge in [-0.3, -0.25) is 44.5 Å². The van der Waals surface area contributed by atoms with Crippen molar-refractivity contribution in [1.29, 1.82) is 10.8 Å². The van der Waals surface area contributed by atoms with Gasteiger partial charge in [-0.2, -0.15) is 0 Å². The van der Waals surface area contributed by atoms with Gasteiger partial charge in [-0.1, -0.05) is 11.1 Å². The third-order valence-electron chi connectivity index (χ3n) is 13.7. The van der Waals surface area contributed by atoms with Crippen molar-refractivity contribution in [2.75, 3.05) is 120 Å². The van der Waals surface area contributed by atoms with Gasteiger partial charge in [0, 0.05) is 33.1 Å². The summed E-state index contributed by atoms with van der Waals surface area (Å²) in [5, 5.41) is 41.7. The number of guanidine groups is 2. The quantitative estimate of drug-likeness (QED) is 0.00728. The van der Waals surface area contributed by atoms with Crippen LogP contribution in [0.3, 0.4) is 0 Å². The summed E-state index contributed by atoms with van der Waals surface area (Å²) in [5.41, 5.74) is 18.1. The fraction of sp³-hybridized carbons (Fsp3) is 0.611. The molecule has 0 aromatic carbocycles. The maximum absolute atomic E-state index is 13.9. The van der Waals surface area contributed by atoms with Crippen LogP contribution < -0.4 is 54.3 Å². The summed E-state index contributed by atoms with van der Waals surface area (Å²) in [6.45, 7) is 2.62. The number of nitrogens with two attached hydrogens (primary N) is 2. The van der Waals surface area contributed by atoms with Crippen molar-refractivity contribution in [2.45, 2.75) is 94.1 Å². The van der Waals surface area contributed by atoms with Crippen molar-refractivity contribution < 1.29 is 109 Å². The topological polar surface area (TPSA) is 516 Å². The molecule has 1 aromatic heterocycles. The van der Waals surface area contributed by atoms with Crippen LogP contribution in [0.4, 0.5) is 9.59 Å². The molecule has 6 heterocycles. The molecule has 0 unspecified atom stereocenters. The summed E-state index contributed by atoms with van der Waals surface area (Å²) in [7, 11) is 2.20. The number of nitrogens with zero attached hydrogens (tertiary/aromatic N) is 5. The number of hydrazine groups is 2. The third kappa shape index (κ3) is 23.7. The molecule has 2 fully saturated rings. The van der Waals surface area contributed by atoms with Crippen molar-refractivity contribution in [1.82, 2.24) is 67.8 Å². The molecule has 0 saturated carbocycles. The highest BCUT2D eigenvalue weighted by atomic mass is 16.8. The summed E-state index contributed by atoms with van der Waals surface area (Å²) >= 11 is 0. The Hall–Kier alpha value is -9.79. The molecule has 2 saturated heterocycles. The van der Waals surface area contributed by atoms with E-state index in [0.29, 0.717) is 37.8 Å². The standard InChI is InChI=1S/C54H79N17O23/c1-6-12-83-14-16-85-18-19-86-17-15-84-13-7-42(76)69(22-32-24-70(67-65-32)10-8-59-40(74)28-87-45(38-26-89-53(79)93-38)47-43(61-30(2)72)34(63-51(55)56)20-36(91-47)49(77)81-4)23-33-25-71(68-66-33)11-9-60-41(75)29-88-46(39-27-90-54(80)94-39)48-44(62-31(3)73)35(64-52(57)58)21-37(92-48)50(78)82-5/h1,20-21,24-25,34-35,38-39,43-48,65,67H,7-19,22-23,26-29H2,2-5H3,(H,59,74)(H,60,75)(H,61,72)(H,62,73)(H4,55,56,63)(H4,57,58,64)/t34-,35-,38+,39+,43+,44+,45+,46+,47+,48+/m0/s1. The van der Waals surface area contributed by atoms with Crippen LogP contribution in [0.5, 0.6) is 0 Å². The highest BCUT2D eigenvalue weighted by molar-refractivity contribution is 5.88. The van der Waals surface area contributed by atoms with Gasteiger partial charge < -0.3 is 120 Å². The van der Waals surface area contributed by atoms with Gasteiger partial charge in [-0.15, -0.1) is 17.1 Å². The Morgan fingerprint density at radius 2 is 1.20 bits per heavy atom. The van der Waals surface area contributed by atoms with E-state index in [1.165, 1.54) is 35.6 Å². The molecule has 0 aliphatic carbocycles. The molecule has 14 N–H and O–H groups in total. The predicted octanol–water partition coefficient (Wildman–Crippen LogP) is -6.44. The molecule has 0 radical (unpaired) electrons. The first kappa shape index (κ1) is 73.3. The zero-order chi connectivity index (χ0) is 68.1. The first-order valence-electron chi connectivity index (χ1n) is 29.2. The molecule has 518 valence electrons. The molecule has 40 heteroatoms. The van der Waals surface area contributed by atoms with E-state index >= 15 is 0 Å². The number of rotatable bonds is 39. The average Bonchev–Trinajstić information content (AvgIpc) is 1.09. The fourth-order valence-electron chi connectivity index (χ4n) is 9.64. The number of hydrogen-bond acceptors (Lipinski definition) is 30. The summed E-state index contributed by atoms with van der Waals surface area (Å²) in [6, 6.07) is -4.34. The van der Waals surface area contributed by atoms with Crippen molar-refractivity contribution in [3.8, 4) is 12.3 Å². The molecule has 10 atom stereocenters. The Morgan fingerprint density at radius 1 is 0.713 bits per heavy atom. The Labute approximate surface area is 537 Å². The number of aromatic nitrogens is 3. The Morgan fingerprint density at radius 3 is 1.66 bits per heavy atom. The van der Waals surface area contributed by atoms with E-state index in [9.17, 15) is 43.2 Å². The third-order valence-corrected chi connectivity index (χ3v) is 13.7. The van der Waals surface area contributed by atoms with E-state index in [1.54, 1.807) is 17.4 Å². The van der Waals surface area contributed by atoms with E-state index in [0.717, 1.165) is 14.2 Å². The maximum Gasteiger partial charge on any atom is 0.508 e. The minimum atomic E-state index is -1.37. The van der Waals surface area contributed by atoms with E-state index in [-0.39, 0.29) is 103 Å². The number of nitrogens with one attached hydrogen (secondary N) is 10. The van der Waals surface area contributed by atoms with E-state index in [4.69, 9.17) is 95.0 Å². The normalized spacial score (nSPS) is 21.7. The van der Waals surface area contributed by atoms with Crippen molar-refractivity contribution in [2.24, 2.45) is 11.5 Å². The highest BCUT2D eigenvalue weighted by Crippen LogP contribution is 2.30. The van der Waals surface area contributed by atoms with Crippen LogP contribution in [0, 0.1) is 23.2 Å². The molecule has 5 amide bonds. The monoisotopic (exact) mass is 1330 g/mol. The largest absolute Gasteiger partial charge is 0.508 e. The number of carbonyl (C=O) groups is 9. The lowest BCUT2D eigenvalue weighted by atomic mass is 9.91. The van der Waals surface area contributed by atoms with Crippen LogP contribution in [0.2, 0.25) is 0 Å². The summed E-state index contributed by atoms with van der Waals surface area (Å²) in [4.78, 5) is 117. The first-order chi connectivity index (χ1) is 45.1. The van der Waals surface area contributed by atoms with E-state index < -0.39 is 134 Å². The second-order valence-electron chi connectivity index (χ2n) is 20.7. The number of hydrogen-bond donors (Lipinski definition) is 12. The molecule has 0 bridgehead atoms. The molecule has 1 aromatic rings. The van der Waals surface area contributed by atoms with Gasteiger partial charge in [0.05, 0.1) is 129 Å². The van der Waals surface area contributed by atoms with Gasteiger partial charge >= 0.3 is 24.2 Å². The van der Waals surface area contributed by atoms with Crippen LogP contribution in [0.1, 0.15) is 26.0 Å². The zero-order valence-electron chi connectivity index (χ0n) is 51.9. The molecule has 40 nitrogen and oxygen atoms in total. The van der Waals surface area contributed by atoms with Gasteiger partial charge in [0.2, 0.25) is 41.1 Å². The van der Waals surface area contributed by atoms with Crippen molar-refractivity contribution >= 4 is 65.7 Å². The average molecular weight is 1330 g/mol. The van der Waals surface area contributed by atoms with Gasteiger partial charge in [0.25, 0.3) is 0 Å². The van der Waals surface area contributed by atoms with Gasteiger partial charge in [-0.05, 0) is 12.2 Å². The van der Waals surface area contributed by atoms with E-state index in [1.807, 2.05) is 0 Å². The van der Waals surface area contributed by atoms with Crippen LogP contribution in [-0.4, -0.2) is 271 Å². The number of ether oxygens (including phenoxy) is 14. The predicted molar refractivity (Wildman–Crippen MR) is 314 cm³/mol.